The normalized spacial score (nSPS) is 11.3. The van der Waals surface area contributed by atoms with Crippen molar-refractivity contribution in [3.8, 4) is 0 Å². The van der Waals surface area contributed by atoms with E-state index in [1.54, 1.807) is 29.7 Å². The van der Waals surface area contributed by atoms with Crippen molar-refractivity contribution in [1.29, 1.82) is 0 Å². The monoisotopic (exact) mass is 457 g/mol. The fourth-order valence-electron chi connectivity index (χ4n) is 3.79. The quantitative estimate of drug-likeness (QED) is 0.412. The van der Waals surface area contributed by atoms with E-state index in [2.05, 4.69) is 20.6 Å². The van der Waals surface area contributed by atoms with E-state index in [9.17, 15) is 9.59 Å². The van der Waals surface area contributed by atoms with E-state index in [0.717, 1.165) is 10.9 Å². The van der Waals surface area contributed by atoms with Crippen LogP contribution in [0.4, 0.5) is 11.6 Å². The first-order valence-electron chi connectivity index (χ1n) is 9.80. The highest BCUT2D eigenvalue weighted by Crippen LogP contribution is 2.34. The van der Waals surface area contributed by atoms with Gasteiger partial charge in [0.1, 0.15) is 0 Å². The number of nitrogens with zero attached hydrogens (tertiary/aromatic N) is 2. The van der Waals surface area contributed by atoms with Crippen molar-refractivity contribution in [2.45, 2.75) is 20.3 Å². The third-order valence-corrected chi connectivity index (χ3v) is 5.88. The third kappa shape index (κ3) is 3.75. The summed E-state index contributed by atoms with van der Waals surface area (Å²) in [4.78, 5) is 32.7. The Morgan fingerprint density at radius 2 is 1.90 bits per heavy atom. The lowest BCUT2D eigenvalue weighted by molar-refractivity contribution is -0.120. The molecule has 2 aromatic heterocycles. The molecule has 1 amide bonds. The van der Waals surface area contributed by atoms with Gasteiger partial charge in [0.05, 0.1) is 38.6 Å². The maximum Gasteiger partial charge on any atom is 0.258 e. The minimum absolute atomic E-state index is 0.0974. The Bertz CT molecular complexity index is 1370. The number of fused-ring (bicyclic) bond motifs is 3. The maximum atomic E-state index is 12.9. The highest BCUT2D eigenvalue weighted by Gasteiger charge is 2.19. The molecule has 2 aromatic carbocycles. The van der Waals surface area contributed by atoms with Crippen LogP contribution in [0.3, 0.4) is 0 Å². The number of aromatic nitrogens is 3. The number of pyridine rings is 1. The Hall–Kier alpha value is -3.03. The lowest BCUT2D eigenvalue weighted by atomic mass is 10.0. The number of para-hydroxylation sites is 1. The van der Waals surface area contributed by atoms with Crippen molar-refractivity contribution in [3.63, 3.8) is 0 Å². The van der Waals surface area contributed by atoms with E-state index < -0.39 is 0 Å². The van der Waals surface area contributed by atoms with Gasteiger partial charge in [-0.15, -0.1) is 0 Å². The molecular weight excluding hydrogens is 437 g/mol. The van der Waals surface area contributed by atoms with Gasteiger partial charge < -0.3 is 20.2 Å². The summed E-state index contributed by atoms with van der Waals surface area (Å²) in [5, 5.41) is 8.11. The number of hydrogen-bond donors (Lipinski definition) is 3. The van der Waals surface area contributed by atoms with Crippen molar-refractivity contribution in [1.82, 2.24) is 19.9 Å². The summed E-state index contributed by atoms with van der Waals surface area (Å²) < 4.78 is 1.79. The van der Waals surface area contributed by atoms with Crippen molar-refractivity contribution in [2.75, 3.05) is 11.9 Å². The Morgan fingerprint density at radius 1 is 1.19 bits per heavy atom. The molecule has 31 heavy (non-hydrogen) atoms. The molecule has 0 fully saturated rings. The first-order chi connectivity index (χ1) is 14.8. The van der Waals surface area contributed by atoms with Gasteiger partial charge in [-0.05, 0) is 43.0 Å². The molecule has 0 saturated carbocycles. The summed E-state index contributed by atoms with van der Waals surface area (Å²) in [5.74, 6) is 0.391. The van der Waals surface area contributed by atoms with Gasteiger partial charge in [0.25, 0.3) is 5.56 Å². The number of aryl methyl sites for hydroxylation is 2. The number of hydrogen-bond acceptors (Lipinski definition) is 4. The van der Waals surface area contributed by atoms with Gasteiger partial charge in [-0.1, -0.05) is 35.3 Å². The minimum Gasteiger partial charge on any atom is -0.356 e. The summed E-state index contributed by atoms with van der Waals surface area (Å²) in [7, 11) is 1.81. The fraction of sp³-hybridized carbons (Fsp3) is 0.227. The fourth-order valence-corrected chi connectivity index (χ4v) is 4.28. The van der Waals surface area contributed by atoms with Crippen molar-refractivity contribution in [3.05, 3.63) is 62.0 Å². The number of carbonyl (C=O) groups is 1. The molecule has 0 atom stereocenters. The molecular formula is C22H21Cl2N5O2. The van der Waals surface area contributed by atoms with Crippen molar-refractivity contribution >= 4 is 62.6 Å². The second-order valence-electron chi connectivity index (χ2n) is 7.26. The summed E-state index contributed by atoms with van der Waals surface area (Å²) in [6.45, 7) is 4.22. The molecule has 160 valence electrons. The average Bonchev–Trinajstić information content (AvgIpc) is 3.03. The molecule has 0 aliphatic carbocycles. The molecule has 4 rings (SSSR count). The van der Waals surface area contributed by atoms with E-state index in [4.69, 9.17) is 23.2 Å². The molecule has 0 spiro atoms. The molecule has 0 aliphatic heterocycles. The van der Waals surface area contributed by atoms with Crippen LogP contribution in [0.15, 0.2) is 35.1 Å². The van der Waals surface area contributed by atoms with Crippen LogP contribution in [-0.2, 0) is 18.3 Å². The van der Waals surface area contributed by atoms with Gasteiger partial charge in [0.15, 0.2) is 0 Å². The lowest BCUT2D eigenvalue weighted by Crippen LogP contribution is -2.25. The number of imidazole rings is 1. The van der Waals surface area contributed by atoms with Crippen LogP contribution in [0.1, 0.15) is 18.2 Å². The Labute approximate surface area is 188 Å². The molecule has 0 aliphatic rings. The summed E-state index contributed by atoms with van der Waals surface area (Å²) >= 11 is 12.6. The predicted molar refractivity (Wildman–Crippen MR) is 126 cm³/mol. The van der Waals surface area contributed by atoms with Gasteiger partial charge in [0, 0.05) is 19.3 Å². The molecule has 0 radical (unpaired) electrons. The number of H-pyrrole nitrogens is 1. The second kappa shape index (κ2) is 8.24. The number of rotatable bonds is 5. The smallest absolute Gasteiger partial charge is 0.258 e. The topological polar surface area (TPSA) is 91.8 Å². The number of halogens is 2. The first-order valence-corrected chi connectivity index (χ1v) is 10.6. The average molecular weight is 458 g/mol. The van der Waals surface area contributed by atoms with Crippen molar-refractivity contribution < 1.29 is 4.79 Å². The number of nitrogens with one attached hydrogen (secondary N) is 3. The van der Waals surface area contributed by atoms with E-state index in [1.165, 1.54) is 0 Å². The maximum absolute atomic E-state index is 12.9. The largest absolute Gasteiger partial charge is 0.356 e. The second-order valence-corrected chi connectivity index (χ2v) is 8.07. The van der Waals surface area contributed by atoms with E-state index in [1.807, 2.05) is 26.1 Å². The number of amides is 1. The van der Waals surface area contributed by atoms with Gasteiger partial charge >= 0.3 is 0 Å². The highest BCUT2D eigenvalue weighted by atomic mass is 35.5. The Kier molecular flexibility index (Phi) is 5.64. The molecule has 7 nitrogen and oxygen atoms in total. The molecule has 3 N–H and O–H groups in total. The van der Waals surface area contributed by atoms with Crippen LogP contribution < -0.4 is 16.2 Å². The van der Waals surface area contributed by atoms with Crippen LogP contribution >= 0.6 is 23.2 Å². The zero-order valence-corrected chi connectivity index (χ0v) is 18.8. The Morgan fingerprint density at radius 3 is 2.58 bits per heavy atom. The zero-order chi connectivity index (χ0) is 22.3. The van der Waals surface area contributed by atoms with Gasteiger partial charge in [0.2, 0.25) is 11.9 Å². The molecule has 4 aromatic rings. The number of anilines is 2. The van der Waals surface area contributed by atoms with Gasteiger partial charge in [-0.3, -0.25) is 9.59 Å². The number of carbonyl (C=O) groups excluding carboxylic acids is 1. The molecule has 0 saturated heterocycles. The van der Waals surface area contributed by atoms with Crippen LogP contribution in [0.2, 0.25) is 10.0 Å². The lowest BCUT2D eigenvalue weighted by Gasteiger charge is -2.12. The summed E-state index contributed by atoms with van der Waals surface area (Å²) in [5.41, 5.74) is 3.05. The van der Waals surface area contributed by atoms with E-state index in [0.29, 0.717) is 50.3 Å². The number of likely N-dealkylation sites (N-methyl/N-ethyl adjacent to an activating group) is 1. The van der Waals surface area contributed by atoms with Crippen molar-refractivity contribution in [2.24, 2.45) is 7.05 Å². The number of benzene rings is 2. The summed E-state index contributed by atoms with van der Waals surface area (Å²) in [6, 6.07) is 8.91. The molecule has 9 heteroatoms. The zero-order valence-electron chi connectivity index (χ0n) is 17.3. The van der Waals surface area contributed by atoms with Gasteiger partial charge in [-0.25, -0.2) is 4.98 Å². The summed E-state index contributed by atoms with van der Waals surface area (Å²) in [6.07, 6.45) is 0.177. The van der Waals surface area contributed by atoms with Crippen LogP contribution in [0.25, 0.3) is 21.8 Å². The highest BCUT2D eigenvalue weighted by molar-refractivity contribution is 6.39. The Balaban J connectivity index is 1.92. The van der Waals surface area contributed by atoms with Crippen LogP contribution in [-0.4, -0.2) is 27.0 Å². The van der Waals surface area contributed by atoms with E-state index >= 15 is 0 Å². The van der Waals surface area contributed by atoms with Gasteiger partial charge in [-0.2, -0.15) is 0 Å². The molecule has 2 heterocycles. The predicted octanol–water partition coefficient (Wildman–Crippen LogP) is 4.45. The third-order valence-electron chi connectivity index (χ3n) is 5.25. The SMILES string of the molecule is CCNC(=O)Cc1c(C)[nH]c(=O)c2c1ccc1nc(Nc3c(Cl)cccc3Cl)n(C)c12. The molecule has 0 bridgehead atoms. The molecule has 0 unspecified atom stereocenters. The number of aromatic amines is 1. The standard InChI is InChI=1S/C22H21Cl2N5O2/c1-4-25-17(30)10-13-11(2)26-21(31)18-12(13)8-9-16-20(18)29(3)22(27-16)28-19-14(23)6-5-7-15(19)24/h5-9H,4,10H2,1-3H3,(H,25,30)(H,26,31)(H,27,28). The van der Waals surface area contributed by atoms with E-state index in [-0.39, 0.29) is 17.9 Å². The van der Waals surface area contributed by atoms with Crippen LogP contribution in [0.5, 0.6) is 0 Å². The minimum atomic E-state index is -0.233. The van der Waals surface area contributed by atoms with Crippen LogP contribution in [0, 0.1) is 6.92 Å². The first kappa shape index (κ1) is 21.2.